The summed E-state index contributed by atoms with van der Waals surface area (Å²) in [6.07, 6.45) is -0.547. The van der Waals surface area contributed by atoms with Crippen LogP contribution in [0.25, 0.3) is 0 Å². The summed E-state index contributed by atoms with van der Waals surface area (Å²) in [5, 5.41) is 0.548. The fraction of sp³-hybridized carbons (Fsp3) is 0.133. The van der Waals surface area contributed by atoms with E-state index in [4.69, 9.17) is 16.3 Å². The predicted molar refractivity (Wildman–Crippen MR) is 85.0 cm³/mol. The minimum atomic E-state index is -0.547. The second-order valence-electron chi connectivity index (χ2n) is 4.07. The average Bonchev–Trinajstić information content (AvgIpc) is 2.40. The molecule has 0 N–H and O–H groups in total. The molecular weight excluding hydrogens is 375 g/mol. The lowest BCUT2D eigenvalue weighted by atomic mass is 10.1. The van der Waals surface area contributed by atoms with Crippen LogP contribution in [-0.2, 0) is 0 Å². The Bertz CT molecular complexity index is 598. The van der Waals surface area contributed by atoms with Crippen molar-refractivity contribution in [3.05, 3.63) is 62.7 Å². The van der Waals surface area contributed by atoms with E-state index < -0.39 is 6.10 Å². The van der Waals surface area contributed by atoms with Gasteiger partial charge in [-0.15, -0.1) is 0 Å². The van der Waals surface area contributed by atoms with Crippen LogP contribution in [0.5, 0.6) is 5.75 Å². The lowest BCUT2D eigenvalue weighted by Gasteiger charge is -2.15. The van der Waals surface area contributed by atoms with E-state index in [1.54, 1.807) is 31.2 Å². The van der Waals surface area contributed by atoms with Crippen molar-refractivity contribution in [2.75, 3.05) is 0 Å². The minimum Gasteiger partial charge on any atom is -0.481 e. The van der Waals surface area contributed by atoms with Crippen molar-refractivity contribution in [3.63, 3.8) is 0 Å². The second kappa shape index (κ2) is 6.39. The van der Waals surface area contributed by atoms with E-state index in [1.165, 1.54) is 0 Å². The molecule has 0 saturated heterocycles. The first-order valence-electron chi connectivity index (χ1n) is 5.79. The predicted octanol–water partition coefficient (Wildman–Crippen LogP) is 4.59. The van der Waals surface area contributed by atoms with E-state index in [-0.39, 0.29) is 5.78 Å². The van der Waals surface area contributed by atoms with Crippen LogP contribution in [0.3, 0.4) is 0 Å². The number of para-hydroxylation sites is 1. The van der Waals surface area contributed by atoms with Crippen molar-refractivity contribution in [1.82, 2.24) is 0 Å². The van der Waals surface area contributed by atoms with E-state index in [2.05, 4.69) is 22.6 Å². The molecule has 2 aromatic rings. The van der Waals surface area contributed by atoms with Crippen LogP contribution < -0.4 is 4.74 Å². The number of benzene rings is 2. The first-order chi connectivity index (χ1) is 9.08. The van der Waals surface area contributed by atoms with Gasteiger partial charge in [0, 0.05) is 10.6 Å². The highest BCUT2D eigenvalue weighted by Gasteiger charge is 2.17. The number of hydrogen-bond acceptors (Lipinski definition) is 2. The Hall–Kier alpha value is -1.07. The van der Waals surface area contributed by atoms with Gasteiger partial charge in [-0.05, 0) is 53.8 Å². The van der Waals surface area contributed by atoms with Crippen LogP contribution in [-0.4, -0.2) is 11.9 Å². The molecule has 19 heavy (non-hydrogen) atoms. The highest BCUT2D eigenvalue weighted by Crippen LogP contribution is 2.22. The van der Waals surface area contributed by atoms with E-state index in [1.807, 2.05) is 24.3 Å². The molecule has 0 radical (unpaired) electrons. The monoisotopic (exact) mass is 386 g/mol. The van der Waals surface area contributed by atoms with E-state index in [0.29, 0.717) is 16.3 Å². The van der Waals surface area contributed by atoms with E-state index in [0.717, 1.165) is 3.57 Å². The van der Waals surface area contributed by atoms with Crippen LogP contribution in [0.4, 0.5) is 0 Å². The summed E-state index contributed by atoms with van der Waals surface area (Å²) in [4.78, 5) is 12.2. The van der Waals surface area contributed by atoms with Gasteiger partial charge in [0.2, 0.25) is 5.78 Å². The first kappa shape index (κ1) is 14.3. The number of ether oxygens (including phenoxy) is 1. The van der Waals surface area contributed by atoms with Crippen molar-refractivity contribution in [3.8, 4) is 5.75 Å². The zero-order valence-electron chi connectivity index (χ0n) is 10.3. The molecule has 0 amide bonds. The van der Waals surface area contributed by atoms with Crippen LogP contribution in [0.1, 0.15) is 17.3 Å². The molecule has 0 spiro atoms. The molecule has 0 heterocycles. The molecular formula is C15H12ClIO2. The molecule has 1 atom stereocenters. The lowest BCUT2D eigenvalue weighted by Crippen LogP contribution is -2.24. The standard InChI is InChI=1S/C15H12ClIO2/c1-10(19-14-8-3-2-7-13(14)17)15(18)11-5-4-6-12(16)9-11/h2-10H,1H3. The summed E-state index contributed by atoms with van der Waals surface area (Å²) < 4.78 is 6.68. The molecule has 1 unspecified atom stereocenters. The molecule has 2 aromatic carbocycles. The third-order valence-electron chi connectivity index (χ3n) is 2.62. The van der Waals surface area contributed by atoms with Gasteiger partial charge >= 0.3 is 0 Å². The molecule has 2 nitrogen and oxygen atoms in total. The molecule has 2 rings (SSSR count). The third-order valence-corrected chi connectivity index (χ3v) is 3.75. The van der Waals surface area contributed by atoms with Gasteiger partial charge in [-0.2, -0.15) is 0 Å². The van der Waals surface area contributed by atoms with Gasteiger partial charge in [-0.3, -0.25) is 4.79 Å². The van der Waals surface area contributed by atoms with Gasteiger partial charge in [0.25, 0.3) is 0 Å². The third kappa shape index (κ3) is 3.70. The summed E-state index contributed by atoms with van der Waals surface area (Å²) in [6.45, 7) is 1.74. The molecule has 0 aromatic heterocycles. The Morgan fingerprint density at radius 3 is 2.63 bits per heavy atom. The topological polar surface area (TPSA) is 26.3 Å². The van der Waals surface area contributed by atoms with Gasteiger partial charge in [0.05, 0.1) is 3.57 Å². The van der Waals surface area contributed by atoms with Crippen LogP contribution >= 0.6 is 34.2 Å². The highest BCUT2D eigenvalue weighted by atomic mass is 127. The Kier molecular flexibility index (Phi) is 4.82. The number of Topliss-reactive ketones (excluding diaryl/α,β-unsaturated/α-hetero) is 1. The Labute approximate surface area is 130 Å². The molecule has 0 aliphatic rings. The van der Waals surface area contributed by atoms with E-state index >= 15 is 0 Å². The van der Waals surface area contributed by atoms with Crippen molar-refractivity contribution in [1.29, 1.82) is 0 Å². The van der Waals surface area contributed by atoms with Crippen LogP contribution in [0, 0.1) is 3.57 Å². The minimum absolute atomic E-state index is 0.0813. The SMILES string of the molecule is CC(Oc1ccccc1I)C(=O)c1cccc(Cl)c1. The largest absolute Gasteiger partial charge is 0.481 e. The first-order valence-corrected chi connectivity index (χ1v) is 7.24. The Balaban J connectivity index is 2.14. The zero-order valence-corrected chi connectivity index (χ0v) is 13.2. The zero-order chi connectivity index (χ0) is 13.8. The van der Waals surface area contributed by atoms with Crippen molar-refractivity contribution in [2.45, 2.75) is 13.0 Å². The quantitative estimate of drug-likeness (QED) is 0.567. The van der Waals surface area contributed by atoms with Gasteiger partial charge in [-0.1, -0.05) is 35.9 Å². The summed E-state index contributed by atoms with van der Waals surface area (Å²) >= 11 is 8.06. The van der Waals surface area contributed by atoms with Gasteiger partial charge in [0.1, 0.15) is 5.75 Å². The molecule has 98 valence electrons. The molecule has 0 bridgehead atoms. The lowest BCUT2D eigenvalue weighted by molar-refractivity contribution is 0.0817. The van der Waals surface area contributed by atoms with E-state index in [9.17, 15) is 4.79 Å². The number of ketones is 1. The summed E-state index contributed by atoms with van der Waals surface area (Å²) in [7, 11) is 0. The molecule has 0 aliphatic heterocycles. The van der Waals surface area contributed by atoms with Crippen molar-refractivity contribution < 1.29 is 9.53 Å². The number of halogens is 2. The number of carbonyl (C=O) groups is 1. The number of hydrogen-bond donors (Lipinski definition) is 0. The van der Waals surface area contributed by atoms with Gasteiger partial charge < -0.3 is 4.74 Å². The van der Waals surface area contributed by atoms with Gasteiger partial charge in [0.15, 0.2) is 6.10 Å². The Morgan fingerprint density at radius 1 is 1.21 bits per heavy atom. The smallest absolute Gasteiger partial charge is 0.203 e. The highest BCUT2D eigenvalue weighted by molar-refractivity contribution is 14.1. The van der Waals surface area contributed by atoms with Gasteiger partial charge in [-0.25, -0.2) is 0 Å². The van der Waals surface area contributed by atoms with Crippen LogP contribution in [0.15, 0.2) is 48.5 Å². The Morgan fingerprint density at radius 2 is 1.95 bits per heavy atom. The molecule has 0 fully saturated rings. The molecule has 0 saturated carbocycles. The summed E-state index contributed by atoms with van der Waals surface area (Å²) in [5.41, 5.74) is 0.561. The maximum Gasteiger partial charge on any atom is 0.203 e. The maximum atomic E-state index is 12.2. The number of rotatable bonds is 4. The average molecular weight is 387 g/mol. The van der Waals surface area contributed by atoms with Crippen molar-refractivity contribution in [2.24, 2.45) is 0 Å². The fourth-order valence-corrected chi connectivity index (χ4v) is 2.37. The number of carbonyl (C=O) groups excluding carboxylic acids is 1. The van der Waals surface area contributed by atoms with Crippen LogP contribution in [0.2, 0.25) is 5.02 Å². The normalized spacial score (nSPS) is 11.9. The maximum absolute atomic E-state index is 12.2. The second-order valence-corrected chi connectivity index (χ2v) is 5.66. The summed E-state index contributed by atoms with van der Waals surface area (Å²) in [5.74, 6) is 0.633. The molecule has 0 aliphatic carbocycles. The fourth-order valence-electron chi connectivity index (χ4n) is 1.66. The summed E-state index contributed by atoms with van der Waals surface area (Å²) in [6, 6.07) is 14.5. The molecule has 4 heteroatoms. The van der Waals surface area contributed by atoms with Crippen molar-refractivity contribution >= 4 is 40.0 Å².